The number of nitrogens with zero attached hydrogens (tertiary/aromatic N) is 3. The van der Waals surface area contributed by atoms with Gasteiger partial charge in [0.25, 0.3) is 11.8 Å². The fraction of sp³-hybridized carbons (Fsp3) is 0.130. The van der Waals surface area contributed by atoms with E-state index >= 15 is 0 Å². The van der Waals surface area contributed by atoms with Crippen molar-refractivity contribution in [3.63, 3.8) is 0 Å². The number of aromatic amines is 1. The van der Waals surface area contributed by atoms with Gasteiger partial charge in [-0.2, -0.15) is 4.98 Å². The van der Waals surface area contributed by atoms with Crippen LogP contribution >= 0.6 is 0 Å². The van der Waals surface area contributed by atoms with Gasteiger partial charge in [0.2, 0.25) is 5.82 Å². The quantitative estimate of drug-likeness (QED) is 0.415. The minimum Gasteiger partial charge on any atom is -0.459 e. The van der Waals surface area contributed by atoms with Gasteiger partial charge >= 0.3 is 5.69 Å². The topological polar surface area (TPSA) is 119 Å². The zero-order valence-corrected chi connectivity index (χ0v) is 17.2. The van der Waals surface area contributed by atoms with Gasteiger partial charge in [-0.25, -0.2) is 4.79 Å². The molecule has 1 amide bonds. The molecule has 3 aromatic heterocycles. The Bertz CT molecular complexity index is 1440. The van der Waals surface area contributed by atoms with Gasteiger partial charge in [0, 0.05) is 23.4 Å². The van der Waals surface area contributed by atoms with E-state index in [9.17, 15) is 9.59 Å². The molecule has 0 radical (unpaired) electrons. The predicted molar refractivity (Wildman–Crippen MR) is 118 cm³/mol. The van der Waals surface area contributed by atoms with E-state index in [2.05, 4.69) is 20.4 Å². The lowest BCUT2D eigenvalue weighted by molar-refractivity contribution is 0.0996. The van der Waals surface area contributed by atoms with Crippen LogP contribution in [0.5, 0.6) is 0 Å². The number of furan rings is 1. The van der Waals surface area contributed by atoms with Crippen molar-refractivity contribution in [3.05, 3.63) is 77.1 Å². The first-order chi connectivity index (χ1) is 15.6. The smallest absolute Gasteiger partial charge is 0.326 e. The maximum Gasteiger partial charge on any atom is 0.326 e. The van der Waals surface area contributed by atoms with Crippen LogP contribution in [-0.2, 0) is 6.54 Å². The first kappa shape index (κ1) is 19.6. The van der Waals surface area contributed by atoms with Gasteiger partial charge in [-0.3, -0.25) is 9.36 Å². The number of amides is 1. The third kappa shape index (κ3) is 3.60. The summed E-state index contributed by atoms with van der Waals surface area (Å²) in [6.45, 7) is 2.68. The molecule has 0 unspecified atom stereocenters. The number of fused-ring (bicyclic) bond motifs is 1. The maximum atomic E-state index is 12.2. The van der Waals surface area contributed by atoms with E-state index in [4.69, 9.17) is 8.94 Å². The van der Waals surface area contributed by atoms with E-state index < -0.39 is 0 Å². The molecule has 0 saturated heterocycles. The van der Waals surface area contributed by atoms with E-state index in [-0.39, 0.29) is 17.4 Å². The predicted octanol–water partition coefficient (Wildman–Crippen LogP) is 4.30. The molecule has 5 aromatic rings. The fourth-order valence-electron chi connectivity index (χ4n) is 3.50. The second-order valence-corrected chi connectivity index (χ2v) is 7.25. The Morgan fingerprint density at radius 1 is 1.12 bits per heavy atom. The zero-order valence-electron chi connectivity index (χ0n) is 17.2. The first-order valence-corrected chi connectivity index (χ1v) is 10.1. The van der Waals surface area contributed by atoms with Crippen LogP contribution in [0.15, 0.2) is 74.6 Å². The van der Waals surface area contributed by atoms with Crippen molar-refractivity contribution in [2.24, 2.45) is 0 Å². The third-order valence-corrected chi connectivity index (χ3v) is 5.04. The highest BCUT2D eigenvalue weighted by molar-refractivity contribution is 6.02. The van der Waals surface area contributed by atoms with Crippen molar-refractivity contribution in [3.8, 4) is 22.8 Å². The van der Waals surface area contributed by atoms with Crippen LogP contribution in [0.25, 0.3) is 33.9 Å². The summed E-state index contributed by atoms with van der Waals surface area (Å²) in [5.41, 5.74) is 3.50. The first-order valence-electron chi connectivity index (χ1n) is 10.1. The summed E-state index contributed by atoms with van der Waals surface area (Å²) < 4.78 is 12.2. The SMILES string of the molecule is CCCn1c(=O)[nH]c2cc(-c3noc(-c4ccc(NC(=O)c5ccco5)cc4)n3)ccc21. The lowest BCUT2D eigenvalue weighted by Crippen LogP contribution is -2.16. The molecular formula is C23H19N5O4. The molecule has 0 fully saturated rings. The summed E-state index contributed by atoms with van der Waals surface area (Å²) in [4.78, 5) is 31.6. The van der Waals surface area contributed by atoms with Crippen molar-refractivity contribution in [1.29, 1.82) is 0 Å². The molecule has 0 aliphatic carbocycles. The lowest BCUT2D eigenvalue weighted by atomic mass is 10.2. The molecule has 2 aromatic carbocycles. The van der Waals surface area contributed by atoms with Crippen molar-refractivity contribution < 1.29 is 13.7 Å². The number of carbonyl (C=O) groups excluding carboxylic acids is 1. The van der Waals surface area contributed by atoms with Gasteiger partial charge < -0.3 is 19.2 Å². The van der Waals surface area contributed by atoms with Crippen LogP contribution in [0, 0.1) is 0 Å². The Labute approximate surface area is 181 Å². The molecule has 9 heteroatoms. The summed E-state index contributed by atoms with van der Waals surface area (Å²) in [5, 5.41) is 6.83. The number of imidazole rings is 1. The van der Waals surface area contributed by atoms with Gasteiger partial charge in [0.1, 0.15) is 0 Å². The summed E-state index contributed by atoms with van der Waals surface area (Å²) in [6, 6.07) is 15.9. The number of anilines is 1. The van der Waals surface area contributed by atoms with Gasteiger partial charge in [-0.05, 0) is 61.0 Å². The number of H-pyrrole nitrogens is 1. The molecule has 0 aliphatic heterocycles. The number of aromatic nitrogens is 4. The number of nitrogens with one attached hydrogen (secondary N) is 2. The Hall–Kier alpha value is -4.40. The monoisotopic (exact) mass is 429 g/mol. The summed E-state index contributed by atoms with van der Waals surface area (Å²) >= 11 is 0. The average molecular weight is 429 g/mol. The second-order valence-electron chi connectivity index (χ2n) is 7.25. The standard InChI is InChI=1S/C23H19N5O4/c1-2-11-28-18-10-7-15(13-17(18)25-23(28)30)20-26-22(32-27-20)14-5-8-16(9-6-14)24-21(29)19-4-3-12-31-19/h3-10,12-13H,2,11H2,1H3,(H,24,29)(H,25,30). The molecule has 160 valence electrons. The Balaban J connectivity index is 1.36. The molecule has 32 heavy (non-hydrogen) atoms. The minimum atomic E-state index is -0.330. The number of aryl methyl sites for hydroxylation is 1. The number of benzene rings is 2. The third-order valence-electron chi connectivity index (χ3n) is 5.04. The normalized spacial score (nSPS) is 11.2. The van der Waals surface area contributed by atoms with Crippen molar-refractivity contribution in [2.75, 3.05) is 5.32 Å². The highest BCUT2D eigenvalue weighted by Gasteiger charge is 2.14. The van der Waals surface area contributed by atoms with Crippen LogP contribution < -0.4 is 11.0 Å². The highest BCUT2D eigenvalue weighted by atomic mass is 16.5. The van der Waals surface area contributed by atoms with Crippen LogP contribution in [-0.4, -0.2) is 25.6 Å². The van der Waals surface area contributed by atoms with Gasteiger partial charge in [-0.15, -0.1) is 0 Å². The Morgan fingerprint density at radius 2 is 1.94 bits per heavy atom. The minimum absolute atomic E-state index is 0.132. The largest absolute Gasteiger partial charge is 0.459 e. The number of hydrogen-bond donors (Lipinski definition) is 2. The molecule has 2 N–H and O–H groups in total. The number of carbonyl (C=O) groups is 1. The summed E-state index contributed by atoms with van der Waals surface area (Å²) in [6.07, 6.45) is 2.31. The number of hydrogen-bond acceptors (Lipinski definition) is 6. The average Bonchev–Trinajstić information content (AvgIpc) is 3.55. The van der Waals surface area contributed by atoms with Gasteiger partial charge in [0.15, 0.2) is 5.76 Å². The molecule has 0 bridgehead atoms. The Kier molecular flexibility index (Phi) is 4.91. The highest BCUT2D eigenvalue weighted by Crippen LogP contribution is 2.25. The lowest BCUT2D eigenvalue weighted by Gasteiger charge is -2.03. The Morgan fingerprint density at radius 3 is 2.69 bits per heavy atom. The van der Waals surface area contributed by atoms with E-state index in [1.54, 1.807) is 41.0 Å². The molecule has 0 aliphatic rings. The maximum absolute atomic E-state index is 12.2. The van der Waals surface area contributed by atoms with Gasteiger partial charge in [-0.1, -0.05) is 12.1 Å². The van der Waals surface area contributed by atoms with Crippen molar-refractivity contribution in [1.82, 2.24) is 19.7 Å². The van der Waals surface area contributed by atoms with E-state index in [1.807, 2.05) is 25.1 Å². The molecular weight excluding hydrogens is 410 g/mol. The number of rotatable bonds is 6. The second kappa shape index (κ2) is 8.03. The summed E-state index contributed by atoms with van der Waals surface area (Å²) in [7, 11) is 0. The fourth-order valence-corrected chi connectivity index (χ4v) is 3.50. The van der Waals surface area contributed by atoms with Crippen LogP contribution in [0.4, 0.5) is 5.69 Å². The summed E-state index contributed by atoms with van der Waals surface area (Å²) in [5.74, 6) is 0.672. The zero-order chi connectivity index (χ0) is 22.1. The molecule has 0 atom stereocenters. The van der Waals surface area contributed by atoms with Crippen LogP contribution in [0.1, 0.15) is 23.9 Å². The van der Waals surface area contributed by atoms with E-state index in [0.29, 0.717) is 29.5 Å². The molecule has 3 heterocycles. The molecule has 5 rings (SSSR count). The van der Waals surface area contributed by atoms with E-state index in [1.165, 1.54) is 6.26 Å². The molecule has 0 spiro atoms. The molecule has 9 nitrogen and oxygen atoms in total. The van der Waals surface area contributed by atoms with E-state index in [0.717, 1.165) is 23.0 Å². The van der Waals surface area contributed by atoms with Gasteiger partial charge in [0.05, 0.1) is 17.3 Å². The molecule has 0 saturated carbocycles. The van der Waals surface area contributed by atoms with Crippen LogP contribution in [0.3, 0.4) is 0 Å². The van der Waals surface area contributed by atoms with Crippen molar-refractivity contribution >= 4 is 22.6 Å². The van der Waals surface area contributed by atoms with Crippen molar-refractivity contribution in [2.45, 2.75) is 19.9 Å². The van der Waals surface area contributed by atoms with Crippen LogP contribution in [0.2, 0.25) is 0 Å².